The lowest BCUT2D eigenvalue weighted by molar-refractivity contribution is 0.00484. The molecular formula is C13H20N2O. The number of rotatable bonds is 3. The summed E-state index contributed by atoms with van der Waals surface area (Å²) in [6, 6.07) is 9.05. The molecule has 1 aliphatic rings. The summed E-state index contributed by atoms with van der Waals surface area (Å²) in [7, 11) is 0. The molecule has 1 heterocycles. The van der Waals surface area contributed by atoms with Gasteiger partial charge in [0.25, 0.3) is 0 Å². The number of morpholine rings is 1. The minimum absolute atomic E-state index is 0.360. The first-order valence-corrected chi connectivity index (χ1v) is 5.91. The first-order valence-electron chi connectivity index (χ1n) is 5.91. The van der Waals surface area contributed by atoms with E-state index in [2.05, 4.69) is 48.5 Å². The molecule has 1 unspecified atom stereocenters. The molecule has 16 heavy (non-hydrogen) atoms. The van der Waals surface area contributed by atoms with E-state index in [-0.39, 0.29) is 0 Å². The molecule has 1 saturated heterocycles. The van der Waals surface area contributed by atoms with E-state index in [1.54, 1.807) is 0 Å². The number of nitrogens with zero attached hydrogens (tertiary/aromatic N) is 1. The first kappa shape index (κ1) is 11.6. The van der Waals surface area contributed by atoms with E-state index in [1.165, 1.54) is 11.1 Å². The Morgan fingerprint density at radius 1 is 1.19 bits per heavy atom. The van der Waals surface area contributed by atoms with Gasteiger partial charge >= 0.3 is 0 Å². The number of ether oxygens (including phenoxy) is 1. The van der Waals surface area contributed by atoms with Gasteiger partial charge in [0.1, 0.15) is 0 Å². The van der Waals surface area contributed by atoms with Crippen LogP contribution in [0.2, 0.25) is 0 Å². The maximum atomic E-state index is 5.32. The number of aryl methyl sites for hydroxylation is 1. The van der Waals surface area contributed by atoms with E-state index in [4.69, 9.17) is 4.74 Å². The molecule has 0 spiro atoms. The van der Waals surface area contributed by atoms with Crippen molar-refractivity contribution in [3.05, 3.63) is 35.4 Å². The van der Waals surface area contributed by atoms with Crippen LogP contribution in [0, 0.1) is 6.92 Å². The fourth-order valence-corrected chi connectivity index (χ4v) is 1.90. The fraction of sp³-hybridized carbons (Fsp3) is 0.538. The smallest absolute Gasteiger partial charge is 0.0608 e. The summed E-state index contributed by atoms with van der Waals surface area (Å²) >= 11 is 0. The van der Waals surface area contributed by atoms with Crippen molar-refractivity contribution in [3.8, 4) is 0 Å². The largest absolute Gasteiger partial charge is 0.379 e. The fourth-order valence-electron chi connectivity index (χ4n) is 1.90. The van der Waals surface area contributed by atoms with Crippen molar-refractivity contribution in [1.82, 2.24) is 10.4 Å². The summed E-state index contributed by atoms with van der Waals surface area (Å²) in [4.78, 5) is 0. The van der Waals surface area contributed by atoms with Crippen molar-refractivity contribution in [3.63, 3.8) is 0 Å². The van der Waals surface area contributed by atoms with Crippen molar-refractivity contribution < 1.29 is 4.74 Å². The van der Waals surface area contributed by atoms with E-state index in [1.807, 2.05) is 0 Å². The average molecular weight is 220 g/mol. The van der Waals surface area contributed by atoms with Crippen molar-refractivity contribution >= 4 is 0 Å². The highest BCUT2D eigenvalue weighted by atomic mass is 16.5. The summed E-state index contributed by atoms with van der Waals surface area (Å²) in [6.07, 6.45) is 0. The van der Waals surface area contributed by atoms with Gasteiger partial charge in [0, 0.05) is 19.1 Å². The van der Waals surface area contributed by atoms with Gasteiger partial charge in [-0.25, -0.2) is 10.4 Å². The highest BCUT2D eigenvalue weighted by Crippen LogP contribution is 2.13. The SMILES string of the molecule is Cc1ccc(C(C)NN2CCOCC2)cc1. The summed E-state index contributed by atoms with van der Waals surface area (Å²) in [6.45, 7) is 7.90. The Labute approximate surface area is 97.4 Å². The van der Waals surface area contributed by atoms with Crippen LogP contribution in [0.4, 0.5) is 0 Å². The van der Waals surface area contributed by atoms with Gasteiger partial charge in [0.2, 0.25) is 0 Å². The highest BCUT2D eigenvalue weighted by molar-refractivity contribution is 5.23. The van der Waals surface area contributed by atoms with Crippen molar-refractivity contribution in [2.75, 3.05) is 26.3 Å². The molecule has 0 bridgehead atoms. The molecule has 3 nitrogen and oxygen atoms in total. The second kappa shape index (κ2) is 5.43. The first-order chi connectivity index (χ1) is 7.75. The number of hydrazine groups is 1. The molecule has 1 atom stereocenters. The van der Waals surface area contributed by atoms with Crippen LogP contribution >= 0.6 is 0 Å². The van der Waals surface area contributed by atoms with Crippen molar-refractivity contribution in [1.29, 1.82) is 0 Å². The van der Waals surface area contributed by atoms with Crippen LogP contribution in [-0.4, -0.2) is 31.3 Å². The van der Waals surface area contributed by atoms with Gasteiger partial charge in [-0.05, 0) is 19.4 Å². The zero-order chi connectivity index (χ0) is 11.4. The zero-order valence-corrected chi connectivity index (χ0v) is 10.1. The van der Waals surface area contributed by atoms with Gasteiger partial charge < -0.3 is 4.74 Å². The van der Waals surface area contributed by atoms with Gasteiger partial charge in [0.05, 0.1) is 13.2 Å². The van der Waals surface area contributed by atoms with Crippen LogP contribution in [0.15, 0.2) is 24.3 Å². The minimum atomic E-state index is 0.360. The molecule has 1 aromatic rings. The van der Waals surface area contributed by atoms with E-state index in [0.717, 1.165) is 26.3 Å². The predicted octanol–water partition coefficient (Wildman–Crippen LogP) is 1.89. The number of hydrogen-bond donors (Lipinski definition) is 1. The van der Waals surface area contributed by atoms with Crippen LogP contribution in [-0.2, 0) is 4.74 Å². The van der Waals surface area contributed by atoms with E-state index >= 15 is 0 Å². The lowest BCUT2D eigenvalue weighted by Crippen LogP contribution is -2.46. The van der Waals surface area contributed by atoms with E-state index in [0.29, 0.717) is 6.04 Å². The van der Waals surface area contributed by atoms with Gasteiger partial charge in [0.15, 0.2) is 0 Å². The van der Waals surface area contributed by atoms with Crippen LogP contribution in [0.5, 0.6) is 0 Å². The van der Waals surface area contributed by atoms with Gasteiger partial charge in [-0.15, -0.1) is 0 Å². The summed E-state index contributed by atoms with van der Waals surface area (Å²) in [5.74, 6) is 0. The standard InChI is InChI=1S/C13H20N2O/c1-11-3-5-13(6-4-11)12(2)14-15-7-9-16-10-8-15/h3-6,12,14H,7-10H2,1-2H3. The molecule has 1 fully saturated rings. The molecule has 0 aromatic heterocycles. The van der Waals surface area contributed by atoms with E-state index in [9.17, 15) is 0 Å². The normalized spacial score (nSPS) is 19.6. The average Bonchev–Trinajstić information content (AvgIpc) is 2.31. The topological polar surface area (TPSA) is 24.5 Å². The predicted molar refractivity (Wildman–Crippen MR) is 65.1 cm³/mol. The van der Waals surface area contributed by atoms with Gasteiger partial charge in [-0.2, -0.15) is 0 Å². The van der Waals surface area contributed by atoms with Gasteiger partial charge in [-0.3, -0.25) is 0 Å². The Morgan fingerprint density at radius 3 is 2.44 bits per heavy atom. The van der Waals surface area contributed by atoms with Crippen LogP contribution < -0.4 is 5.43 Å². The van der Waals surface area contributed by atoms with E-state index < -0.39 is 0 Å². The molecule has 0 aliphatic carbocycles. The van der Waals surface area contributed by atoms with Crippen molar-refractivity contribution in [2.24, 2.45) is 0 Å². The number of hydrogen-bond acceptors (Lipinski definition) is 3. The monoisotopic (exact) mass is 220 g/mol. The molecule has 2 rings (SSSR count). The van der Waals surface area contributed by atoms with Crippen LogP contribution in [0.1, 0.15) is 24.1 Å². The third-order valence-corrected chi connectivity index (χ3v) is 2.96. The van der Waals surface area contributed by atoms with Crippen LogP contribution in [0.3, 0.4) is 0 Å². The molecular weight excluding hydrogens is 200 g/mol. The minimum Gasteiger partial charge on any atom is -0.379 e. The molecule has 1 N–H and O–H groups in total. The molecule has 1 aliphatic heterocycles. The summed E-state index contributed by atoms with van der Waals surface area (Å²) < 4.78 is 5.32. The molecule has 88 valence electrons. The summed E-state index contributed by atoms with van der Waals surface area (Å²) in [5, 5.41) is 2.24. The summed E-state index contributed by atoms with van der Waals surface area (Å²) in [5.41, 5.74) is 6.15. The second-order valence-electron chi connectivity index (χ2n) is 4.36. The Hall–Kier alpha value is -0.900. The maximum absolute atomic E-state index is 5.32. The lowest BCUT2D eigenvalue weighted by atomic mass is 10.1. The highest BCUT2D eigenvalue weighted by Gasteiger charge is 2.13. The third-order valence-electron chi connectivity index (χ3n) is 2.96. The zero-order valence-electron chi connectivity index (χ0n) is 10.1. The Morgan fingerprint density at radius 2 is 1.81 bits per heavy atom. The maximum Gasteiger partial charge on any atom is 0.0608 e. The second-order valence-corrected chi connectivity index (χ2v) is 4.36. The third kappa shape index (κ3) is 3.04. The Bertz CT molecular complexity index is 317. The molecule has 0 radical (unpaired) electrons. The quantitative estimate of drug-likeness (QED) is 0.842. The Balaban J connectivity index is 1.91. The number of nitrogens with one attached hydrogen (secondary N) is 1. The number of benzene rings is 1. The van der Waals surface area contributed by atoms with Gasteiger partial charge in [-0.1, -0.05) is 29.8 Å². The van der Waals surface area contributed by atoms with Crippen molar-refractivity contribution in [2.45, 2.75) is 19.9 Å². The molecule has 3 heteroatoms. The Kier molecular flexibility index (Phi) is 3.93. The van der Waals surface area contributed by atoms with Crippen LogP contribution in [0.25, 0.3) is 0 Å². The molecule has 1 aromatic carbocycles. The molecule has 0 saturated carbocycles. The molecule has 0 amide bonds. The lowest BCUT2D eigenvalue weighted by Gasteiger charge is -2.30.